The van der Waals surface area contributed by atoms with Crippen LogP contribution < -0.4 is 0 Å². The number of aliphatic hydroxyl groups is 1. The van der Waals surface area contributed by atoms with Gasteiger partial charge in [0.25, 0.3) is 0 Å². The molecule has 1 fully saturated rings. The Balaban J connectivity index is 1.88. The first-order valence-corrected chi connectivity index (χ1v) is 6.63. The Labute approximate surface area is 104 Å². The van der Waals surface area contributed by atoms with Gasteiger partial charge in [-0.15, -0.1) is 0 Å². The van der Waals surface area contributed by atoms with Crippen LogP contribution in [0.1, 0.15) is 30.9 Å². The van der Waals surface area contributed by atoms with E-state index in [1.807, 2.05) is 0 Å². The second-order valence-electron chi connectivity index (χ2n) is 5.24. The highest BCUT2D eigenvalue weighted by Crippen LogP contribution is 2.18. The quantitative estimate of drug-likeness (QED) is 0.866. The maximum atomic E-state index is 9.60. The predicted octanol–water partition coefficient (Wildman–Crippen LogP) is 2.38. The fraction of sp³-hybridized carbons (Fsp3) is 0.600. The third-order valence-corrected chi connectivity index (χ3v) is 3.92. The Morgan fingerprint density at radius 3 is 2.82 bits per heavy atom. The van der Waals surface area contributed by atoms with E-state index in [0.717, 1.165) is 32.4 Å². The predicted molar refractivity (Wildman–Crippen MR) is 71.2 cm³/mol. The van der Waals surface area contributed by atoms with Crippen LogP contribution in [0.2, 0.25) is 0 Å². The summed E-state index contributed by atoms with van der Waals surface area (Å²) in [6.07, 6.45) is 2.89. The van der Waals surface area contributed by atoms with E-state index in [9.17, 15) is 5.11 Å². The van der Waals surface area contributed by atoms with Crippen molar-refractivity contribution >= 4 is 0 Å². The molecule has 2 nitrogen and oxygen atoms in total. The molecule has 2 unspecified atom stereocenters. The van der Waals surface area contributed by atoms with Crippen LogP contribution in [0, 0.1) is 6.92 Å². The number of aryl methyl sites for hydroxylation is 1. The van der Waals surface area contributed by atoms with Gasteiger partial charge in [0.1, 0.15) is 0 Å². The molecule has 17 heavy (non-hydrogen) atoms. The monoisotopic (exact) mass is 233 g/mol. The molecule has 1 aliphatic heterocycles. The summed E-state index contributed by atoms with van der Waals surface area (Å²) >= 11 is 0. The van der Waals surface area contributed by atoms with Gasteiger partial charge in [0.2, 0.25) is 0 Å². The molecule has 0 amide bonds. The third kappa shape index (κ3) is 3.30. The fourth-order valence-corrected chi connectivity index (χ4v) is 2.68. The van der Waals surface area contributed by atoms with Gasteiger partial charge in [-0.2, -0.15) is 0 Å². The standard InChI is InChI=1S/C15H23NO/c1-12-5-3-4-6-14(12)7-9-16-10-8-15(17)11-13(16)2/h3-6,13,15,17H,7-11H2,1-2H3. The molecule has 1 heterocycles. The fourth-order valence-electron chi connectivity index (χ4n) is 2.68. The first-order chi connectivity index (χ1) is 8.16. The minimum atomic E-state index is -0.0836. The molecule has 0 radical (unpaired) electrons. The summed E-state index contributed by atoms with van der Waals surface area (Å²) in [4.78, 5) is 2.50. The molecule has 0 saturated carbocycles. The van der Waals surface area contributed by atoms with Crippen molar-refractivity contribution in [1.82, 2.24) is 4.90 Å². The number of rotatable bonds is 3. The van der Waals surface area contributed by atoms with Crippen molar-refractivity contribution in [3.05, 3.63) is 35.4 Å². The summed E-state index contributed by atoms with van der Waals surface area (Å²) in [6, 6.07) is 9.13. The summed E-state index contributed by atoms with van der Waals surface area (Å²) < 4.78 is 0. The first kappa shape index (κ1) is 12.6. The SMILES string of the molecule is Cc1ccccc1CCN1CCC(O)CC1C. The summed E-state index contributed by atoms with van der Waals surface area (Å²) in [5.74, 6) is 0. The molecule has 0 aromatic heterocycles. The molecule has 2 heteroatoms. The van der Waals surface area contributed by atoms with Gasteiger partial charge in [0, 0.05) is 19.1 Å². The van der Waals surface area contributed by atoms with Gasteiger partial charge in [-0.25, -0.2) is 0 Å². The number of benzene rings is 1. The lowest BCUT2D eigenvalue weighted by Gasteiger charge is -2.35. The van der Waals surface area contributed by atoms with Crippen molar-refractivity contribution < 1.29 is 5.11 Å². The van der Waals surface area contributed by atoms with Crippen molar-refractivity contribution in [1.29, 1.82) is 0 Å². The van der Waals surface area contributed by atoms with E-state index in [1.165, 1.54) is 11.1 Å². The largest absolute Gasteiger partial charge is 0.393 e. The van der Waals surface area contributed by atoms with Crippen molar-refractivity contribution in [2.75, 3.05) is 13.1 Å². The average molecular weight is 233 g/mol. The Morgan fingerprint density at radius 1 is 1.35 bits per heavy atom. The number of hydrogen-bond donors (Lipinski definition) is 1. The van der Waals surface area contributed by atoms with Gasteiger partial charge < -0.3 is 10.0 Å². The second kappa shape index (κ2) is 5.65. The van der Waals surface area contributed by atoms with E-state index in [2.05, 4.69) is 43.0 Å². The lowest BCUT2D eigenvalue weighted by atomic mass is 9.99. The van der Waals surface area contributed by atoms with E-state index >= 15 is 0 Å². The highest BCUT2D eigenvalue weighted by atomic mass is 16.3. The highest BCUT2D eigenvalue weighted by molar-refractivity contribution is 5.25. The first-order valence-electron chi connectivity index (χ1n) is 6.63. The average Bonchev–Trinajstić information content (AvgIpc) is 2.30. The molecular formula is C15H23NO. The molecule has 2 rings (SSSR count). The van der Waals surface area contributed by atoms with Crippen molar-refractivity contribution in [2.45, 2.75) is 45.3 Å². The van der Waals surface area contributed by atoms with E-state index in [1.54, 1.807) is 0 Å². The molecule has 1 aliphatic rings. The summed E-state index contributed by atoms with van der Waals surface area (Å²) in [5.41, 5.74) is 2.84. The minimum Gasteiger partial charge on any atom is -0.393 e. The van der Waals surface area contributed by atoms with Gasteiger partial charge in [-0.05, 0) is 44.2 Å². The van der Waals surface area contributed by atoms with Gasteiger partial charge in [0.15, 0.2) is 0 Å². The Hall–Kier alpha value is -0.860. The lowest BCUT2D eigenvalue weighted by Crippen LogP contribution is -2.43. The topological polar surface area (TPSA) is 23.5 Å². The zero-order valence-electron chi connectivity index (χ0n) is 10.9. The van der Waals surface area contributed by atoms with E-state index in [-0.39, 0.29) is 6.10 Å². The van der Waals surface area contributed by atoms with Crippen molar-refractivity contribution in [2.24, 2.45) is 0 Å². The maximum absolute atomic E-state index is 9.60. The van der Waals surface area contributed by atoms with Gasteiger partial charge in [0.05, 0.1) is 6.10 Å². The van der Waals surface area contributed by atoms with Crippen LogP contribution in [-0.2, 0) is 6.42 Å². The summed E-state index contributed by atoms with van der Waals surface area (Å²) in [6.45, 7) is 6.55. The number of likely N-dealkylation sites (tertiary alicyclic amines) is 1. The Morgan fingerprint density at radius 2 is 2.12 bits per heavy atom. The minimum absolute atomic E-state index is 0.0836. The number of hydrogen-bond acceptors (Lipinski definition) is 2. The molecule has 1 saturated heterocycles. The van der Waals surface area contributed by atoms with Gasteiger partial charge in [-0.3, -0.25) is 0 Å². The molecule has 1 N–H and O–H groups in total. The number of piperidine rings is 1. The summed E-state index contributed by atoms with van der Waals surface area (Å²) in [5, 5.41) is 9.60. The molecule has 1 aromatic rings. The molecule has 0 spiro atoms. The van der Waals surface area contributed by atoms with Crippen LogP contribution in [0.5, 0.6) is 0 Å². The molecule has 2 atom stereocenters. The molecule has 94 valence electrons. The molecule has 0 bridgehead atoms. The normalized spacial score (nSPS) is 26.1. The van der Waals surface area contributed by atoms with Crippen LogP contribution in [0.3, 0.4) is 0 Å². The number of nitrogens with zero attached hydrogens (tertiary/aromatic N) is 1. The smallest absolute Gasteiger partial charge is 0.0567 e. The third-order valence-electron chi connectivity index (χ3n) is 3.92. The van der Waals surface area contributed by atoms with Crippen LogP contribution in [0.4, 0.5) is 0 Å². The zero-order valence-corrected chi connectivity index (χ0v) is 10.9. The van der Waals surface area contributed by atoms with Crippen LogP contribution in [0.15, 0.2) is 24.3 Å². The van der Waals surface area contributed by atoms with E-state index in [0.29, 0.717) is 6.04 Å². The Bertz CT molecular complexity index is 364. The molecule has 0 aliphatic carbocycles. The molecule has 1 aromatic carbocycles. The zero-order chi connectivity index (χ0) is 12.3. The van der Waals surface area contributed by atoms with Crippen LogP contribution in [0.25, 0.3) is 0 Å². The lowest BCUT2D eigenvalue weighted by molar-refractivity contribution is 0.0490. The van der Waals surface area contributed by atoms with E-state index < -0.39 is 0 Å². The highest BCUT2D eigenvalue weighted by Gasteiger charge is 2.23. The molecular weight excluding hydrogens is 210 g/mol. The van der Waals surface area contributed by atoms with Crippen molar-refractivity contribution in [3.8, 4) is 0 Å². The Kier molecular flexibility index (Phi) is 4.19. The van der Waals surface area contributed by atoms with Gasteiger partial charge >= 0.3 is 0 Å². The number of aliphatic hydroxyl groups excluding tert-OH is 1. The van der Waals surface area contributed by atoms with Crippen LogP contribution in [-0.4, -0.2) is 35.2 Å². The maximum Gasteiger partial charge on any atom is 0.0567 e. The van der Waals surface area contributed by atoms with Gasteiger partial charge in [-0.1, -0.05) is 24.3 Å². The van der Waals surface area contributed by atoms with E-state index in [4.69, 9.17) is 0 Å². The second-order valence-corrected chi connectivity index (χ2v) is 5.24. The van der Waals surface area contributed by atoms with Crippen molar-refractivity contribution in [3.63, 3.8) is 0 Å². The van der Waals surface area contributed by atoms with Crippen LogP contribution >= 0.6 is 0 Å². The summed E-state index contributed by atoms with van der Waals surface area (Å²) in [7, 11) is 0.